The minimum Gasteiger partial charge on any atom is -0.323 e. The zero-order valence-electron chi connectivity index (χ0n) is 36.7. The van der Waals surface area contributed by atoms with Crippen molar-refractivity contribution in [2.24, 2.45) is 20.5 Å². The van der Waals surface area contributed by atoms with Crippen molar-refractivity contribution in [3.8, 4) is 0 Å². The summed E-state index contributed by atoms with van der Waals surface area (Å²) >= 11 is 24.4. The molecule has 0 aliphatic carbocycles. The van der Waals surface area contributed by atoms with Gasteiger partial charge < -0.3 is 21.3 Å². The number of carbonyl (C=O) groups is 6. The summed E-state index contributed by atoms with van der Waals surface area (Å²) in [5.74, 6) is -4.96. The van der Waals surface area contributed by atoms with Gasteiger partial charge in [0.2, 0.25) is 12.1 Å². The summed E-state index contributed by atoms with van der Waals surface area (Å²) in [6, 6.07) is 12.9. The number of halogens is 10. The van der Waals surface area contributed by atoms with Gasteiger partial charge in [0.05, 0.1) is 42.3 Å². The van der Waals surface area contributed by atoms with Gasteiger partial charge >= 0.3 is 12.4 Å². The number of azo groups is 2. The number of nitrogens with zero attached hydrogens (tertiary/aromatic N) is 4. The molecule has 24 heteroatoms. The third-order valence-corrected chi connectivity index (χ3v) is 11.4. The van der Waals surface area contributed by atoms with Crippen LogP contribution in [0.1, 0.15) is 70.7 Å². The normalized spacial score (nSPS) is 12.7. The van der Waals surface area contributed by atoms with Gasteiger partial charge in [0, 0.05) is 22.7 Å². The van der Waals surface area contributed by atoms with E-state index in [2.05, 4.69) is 41.7 Å². The molecule has 5 aromatic carbocycles. The highest BCUT2D eigenvalue weighted by atomic mass is 35.5. The lowest BCUT2D eigenvalue weighted by Gasteiger charge is -2.18. The first kappa shape index (κ1) is 54.2. The van der Waals surface area contributed by atoms with E-state index in [1.165, 1.54) is 36.4 Å². The van der Waals surface area contributed by atoms with Gasteiger partial charge in [0.15, 0.2) is 11.6 Å². The maximum absolute atomic E-state index is 13.6. The van der Waals surface area contributed by atoms with Crippen molar-refractivity contribution in [3.63, 3.8) is 0 Å². The summed E-state index contributed by atoms with van der Waals surface area (Å²) in [5, 5.41) is 24.0. The quantitative estimate of drug-likeness (QED) is 0.0430. The number of aryl methyl sites for hydroxylation is 2. The van der Waals surface area contributed by atoms with E-state index in [-0.39, 0.29) is 68.1 Å². The van der Waals surface area contributed by atoms with E-state index in [0.29, 0.717) is 23.3 Å². The molecule has 0 spiro atoms. The van der Waals surface area contributed by atoms with Gasteiger partial charge in [0.1, 0.15) is 11.4 Å². The molecular weight excluding hydrogens is 1020 g/mol. The number of rotatable bonds is 16. The van der Waals surface area contributed by atoms with Crippen molar-refractivity contribution in [2.45, 2.75) is 65.0 Å². The fourth-order valence-corrected chi connectivity index (χ4v) is 7.45. The van der Waals surface area contributed by atoms with Crippen LogP contribution in [-0.2, 0) is 44.4 Å². The molecule has 0 saturated heterocycles. The predicted molar refractivity (Wildman–Crippen MR) is 252 cm³/mol. The van der Waals surface area contributed by atoms with Crippen LogP contribution in [0.4, 0.5) is 60.5 Å². The van der Waals surface area contributed by atoms with Crippen molar-refractivity contribution in [1.29, 1.82) is 0 Å². The summed E-state index contributed by atoms with van der Waals surface area (Å²) in [7, 11) is 0. The highest BCUT2D eigenvalue weighted by Gasteiger charge is 2.34. The second-order valence-electron chi connectivity index (χ2n) is 14.9. The van der Waals surface area contributed by atoms with Crippen molar-refractivity contribution < 1.29 is 55.1 Å². The van der Waals surface area contributed by atoms with Gasteiger partial charge in [-0.2, -0.15) is 46.8 Å². The summed E-state index contributed by atoms with van der Waals surface area (Å²) in [5.41, 5.74) is -1.52. The molecule has 5 rings (SSSR count). The Hall–Kier alpha value is -6.74. The van der Waals surface area contributed by atoms with Crippen molar-refractivity contribution in [2.75, 3.05) is 21.3 Å². The van der Waals surface area contributed by atoms with E-state index in [1.807, 2.05) is 0 Å². The molecule has 0 saturated carbocycles. The molecule has 2 atom stereocenters. The fourth-order valence-electron chi connectivity index (χ4n) is 6.37. The Kier molecular flexibility index (Phi) is 17.6. The van der Waals surface area contributed by atoms with Gasteiger partial charge in [-0.15, -0.1) is 0 Å². The number of alkyl halides is 6. The number of ketones is 2. The zero-order valence-corrected chi connectivity index (χ0v) is 39.7. The monoisotopic (exact) mass is 1050 g/mol. The van der Waals surface area contributed by atoms with Gasteiger partial charge in [-0.25, -0.2) is 0 Å². The number of carbonyl (C=O) groups excluding carboxylic acids is 6. The van der Waals surface area contributed by atoms with Gasteiger partial charge in [-0.1, -0.05) is 72.4 Å². The first-order valence-electron chi connectivity index (χ1n) is 20.4. The molecule has 4 N–H and O–H groups in total. The van der Waals surface area contributed by atoms with Gasteiger partial charge in [-0.3, -0.25) is 28.8 Å². The third-order valence-electron chi connectivity index (χ3n) is 9.95. The summed E-state index contributed by atoms with van der Waals surface area (Å²) < 4.78 is 78.9. The Bertz CT molecular complexity index is 2770. The van der Waals surface area contributed by atoms with Crippen LogP contribution in [0.3, 0.4) is 0 Å². The molecule has 0 heterocycles. The smallest absolute Gasteiger partial charge is 0.323 e. The summed E-state index contributed by atoms with van der Waals surface area (Å²) in [6.07, 6.45) is -8.88. The lowest BCUT2D eigenvalue weighted by molar-refractivity contribution is -0.138. The molecule has 0 aromatic heterocycles. The Morgan fingerprint density at radius 1 is 0.529 bits per heavy atom. The highest BCUT2D eigenvalue weighted by Crippen LogP contribution is 2.38. The Morgan fingerprint density at radius 2 is 0.886 bits per heavy atom. The maximum atomic E-state index is 13.6. The average molecular weight is 1050 g/mol. The molecule has 0 bridgehead atoms. The van der Waals surface area contributed by atoms with E-state index in [9.17, 15) is 55.1 Å². The SMILES string of the molecule is CCc1cc(NC(=O)C(N=Nc2cccc(C(=O)Nc3ccc(C(F)(F)F)c(Cl)c3)c2Cl)C(C)=O)c(CC)cc1NC(=O)C(N=Nc1cccc(C(=O)Nc2ccc(C(F)(F)F)c(Cl)c2)c1Cl)C(C)=O. The van der Waals surface area contributed by atoms with E-state index in [4.69, 9.17) is 46.4 Å². The van der Waals surface area contributed by atoms with Crippen LogP contribution < -0.4 is 21.3 Å². The van der Waals surface area contributed by atoms with E-state index < -0.39 is 80.8 Å². The van der Waals surface area contributed by atoms with E-state index >= 15 is 0 Å². The standard InChI is InChI=1S/C46H36Cl4F6N8O6/c1-5-23-17-36(60-44(70)40(22(4)66)64-62-34-12-8-10-28(38(34)50)42(68)58-26-14-16-30(32(48)20-26)46(54,55)56)24(6-2)18-35(23)59-43(69)39(21(3)65)63-61-33-11-7-9-27(37(33)49)41(67)57-25-13-15-29(31(47)19-25)45(51,52)53/h7-20,39-40H,5-6H2,1-4H3,(H,57,67)(H,58,68)(H,59,69)(H,60,70). The molecule has 0 radical (unpaired) electrons. The molecule has 2 unspecified atom stereocenters. The topological polar surface area (TPSA) is 200 Å². The lowest BCUT2D eigenvalue weighted by atomic mass is 10.0. The first-order valence-corrected chi connectivity index (χ1v) is 21.9. The minimum absolute atomic E-state index is 0.0663. The second-order valence-corrected chi connectivity index (χ2v) is 16.5. The maximum Gasteiger partial charge on any atom is 0.417 e. The van der Waals surface area contributed by atoms with Crippen LogP contribution in [0, 0.1) is 0 Å². The summed E-state index contributed by atoms with van der Waals surface area (Å²) in [6.45, 7) is 5.67. The van der Waals surface area contributed by atoms with Crippen molar-refractivity contribution in [3.05, 3.63) is 138 Å². The molecule has 4 amide bonds. The van der Waals surface area contributed by atoms with Crippen LogP contribution in [0.5, 0.6) is 0 Å². The molecule has 0 aliphatic rings. The largest absolute Gasteiger partial charge is 0.417 e. The van der Waals surface area contributed by atoms with Crippen molar-refractivity contribution >= 4 is 116 Å². The number of hydrogen-bond acceptors (Lipinski definition) is 10. The lowest BCUT2D eigenvalue weighted by Crippen LogP contribution is -2.33. The number of Topliss-reactive ketones (excluding diaryl/α,β-unsaturated/α-hetero) is 2. The predicted octanol–water partition coefficient (Wildman–Crippen LogP) is 13.3. The average Bonchev–Trinajstić information content (AvgIpc) is 3.26. The summed E-state index contributed by atoms with van der Waals surface area (Å²) in [4.78, 5) is 78.7. The highest BCUT2D eigenvalue weighted by molar-refractivity contribution is 6.37. The third kappa shape index (κ3) is 13.3. The second kappa shape index (κ2) is 22.8. The fraction of sp³-hybridized carbons (Fsp3) is 0.217. The molecule has 14 nitrogen and oxygen atoms in total. The molecule has 0 aliphatic heterocycles. The van der Waals surface area contributed by atoms with Gasteiger partial charge in [-0.05, 0) is 111 Å². The molecule has 5 aromatic rings. The van der Waals surface area contributed by atoms with Crippen molar-refractivity contribution in [1.82, 2.24) is 0 Å². The number of hydrogen-bond donors (Lipinski definition) is 4. The number of amides is 4. The van der Waals surface area contributed by atoms with Crippen LogP contribution in [0.2, 0.25) is 20.1 Å². The van der Waals surface area contributed by atoms with Crippen LogP contribution in [-0.4, -0.2) is 47.3 Å². The van der Waals surface area contributed by atoms with Crippen LogP contribution >= 0.6 is 46.4 Å². The molecule has 70 heavy (non-hydrogen) atoms. The molecular formula is C46H36Cl4F6N8O6. The zero-order chi connectivity index (χ0) is 51.8. The first-order chi connectivity index (χ1) is 32.8. The Balaban J connectivity index is 1.30. The molecule has 366 valence electrons. The Labute approximate surface area is 414 Å². The molecule has 0 fully saturated rings. The van der Waals surface area contributed by atoms with E-state index in [1.54, 1.807) is 26.0 Å². The number of nitrogens with one attached hydrogen (secondary N) is 4. The number of anilines is 4. The Morgan fingerprint density at radius 3 is 1.19 bits per heavy atom. The van der Waals surface area contributed by atoms with Gasteiger partial charge in [0.25, 0.3) is 23.6 Å². The van der Waals surface area contributed by atoms with Crippen LogP contribution in [0.15, 0.2) is 105 Å². The number of benzene rings is 5. The van der Waals surface area contributed by atoms with E-state index in [0.717, 1.165) is 38.1 Å². The van der Waals surface area contributed by atoms with Crippen LogP contribution in [0.25, 0.3) is 0 Å². The minimum atomic E-state index is -4.72.